The van der Waals surface area contributed by atoms with Gasteiger partial charge in [-0.25, -0.2) is 0 Å². The van der Waals surface area contributed by atoms with Gasteiger partial charge in [0.1, 0.15) is 0 Å². The summed E-state index contributed by atoms with van der Waals surface area (Å²) in [6.45, 7) is 4.29. The lowest BCUT2D eigenvalue weighted by molar-refractivity contribution is -0.385. The summed E-state index contributed by atoms with van der Waals surface area (Å²) in [4.78, 5) is 10.6. The normalized spacial score (nSPS) is 18.9. The number of benzene rings is 1. The molecule has 110 valence electrons. The van der Waals surface area contributed by atoms with Crippen LogP contribution in [0, 0.1) is 17.0 Å². The Morgan fingerprint density at radius 2 is 2.10 bits per heavy atom. The van der Waals surface area contributed by atoms with E-state index < -0.39 is 5.60 Å². The van der Waals surface area contributed by atoms with Gasteiger partial charge in [0, 0.05) is 24.2 Å². The highest BCUT2D eigenvalue weighted by molar-refractivity contribution is 5.45. The van der Waals surface area contributed by atoms with Crippen molar-refractivity contribution >= 4 is 5.69 Å². The van der Waals surface area contributed by atoms with E-state index >= 15 is 0 Å². The summed E-state index contributed by atoms with van der Waals surface area (Å²) >= 11 is 0. The number of nitrogens with zero attached hydrogens (tertiary/aromatic N) is 1. The Hall–Kier alpha value is -1.46. The van der Waals surface area contributed by atoms with Gasteiger partial charge in [-0.3, -0.25) is 10.1 Å². The number of hydrogen-bond donors (Lipinski definition) is 2. The second-order valence-corrected chi connectivity index (χ2v) is 5.78. The topological polar surface area (TPSA) is 75.4 Å². The van der Waals surface area contributed by atoms with Crippen LogP contribution >= 0.6 is 0 Å². The Balaban J connectivity index is 2.07. The van der Waals surface area contributed by atoms with E-state index in [4.69, 9.17) is 0 Å². The molecule has 2 N–H and O–H groups in total. The summed E-state index contributed by atoms with van der Waals surface area (Å²) in [7, 11) is 0. The third-order valence-electron chi connectivity index (χ3n) is 4.28. The molecule has 0 heterocycles. The molecule has 2 rings (SSSR count). The van der Waals surface area contributed by atoms with Gasteiger partial charge in [-0.1, -0.05) is 25.0 Å². The van der Waals surface area contributed by atoms with Gasteiger partial charge in [-0.2, -0.15) is 0 Å². The van der Waals surface area contributed by atoms with Gasteiger partial charge < -0.3 is 10.4 Å². The first-order chi connectivity index (χ1) is 9.43. The van der Waals surface area contributed by atoms with Crippen molar-refractivity contribution in [2.75, 3.05) is 6.54 Å². The lowest BCUT2D eigenvalue weighted by Gasteiger charge is -2.26. The Morgan fingerprint density at radius 3 is 2.70 bits per heavy atom. The fraction of sp³-hybridized carbons (Fsp3) is 0.600. The van der Waals surface area contributed by atoms with Crippen molar-refractivity contribution in [3.63, 3.8) is 0 Å². The molecular formula is C15H22N2O3. The molecule has 5 nitrogen and oxygen atoms in total. The van der Waals surface area contributed by atoms with Crippen LogP contribution in [0.5, 0.6) is 0 Å². The summed E-state index contributed by atoms with van der Waals surface area (Å²) in [6, 6.07) is 5.12. The highest BCUT2D eigenvalue weighted by Crippen LogP contribution is 2.30. The zero-order valence-electron chi connectivity index (χ0n) is 12.1. The van der Waals surface area contributed by atoms with Crippen LogP contribution in [0.2, 0.25) is 0 Å². The van der Waals surface area contributed by atoms with Crippen LogP contribution in [0.3, 0.4) is 0 Å². The number of aliphatic hydroxyl groups is 1. The van der Waals surface area contributed by atoms with Gasteiger partial charge in [-0.05, 0) is 32.3 Å². The van der Waals surface area contributed by atoms with Crippen molar-refractivity contribution in [1.82, 2.24) is 5.32 Å². The molecule has 0 spiro atoms. The fourth-order valence-corrected chi connectivity index (χ4v) is 2.97. The SMILES string of the molecule is Cc1c(C(C)NCC2(O)CCCC2)cccc1[N+](=O)[O-]. The van der Waals surface area contributed by atoms with E-state index in [1.165, 1.54) is 6.07 Å². The molecule has 1 atom stereocenters. The molecule has 0 aliphatic heterocycles. The Kier molecular flexibility index (Phi) is 4.40. The minimum atomic E-state index is -0.608. The molecule has 5 heteroatoms. The summed E-state index contributed by atoms with van der Waals surface area (Å²) in [5.41, 5.74) is 1.15. The summed E-state index contributed by atoms with van der Waals surface area (Å²) < 4.78 is 0. The van der Waals surface area contributed by atoms with E-state index in [1.54, 1.807) is 13.0 Å². The molecule has 0 saturated heterocycles. The van der Waals surface area contributed by atoms with Gasteiger partial charge >= 0.3 is 0 Å². The van der Waals surface area contributed by atoms with Crippen LogP contribution in [0.1, 0.15) is 49.8 Å². The van der Waals surface area contributed by atoms with Crippen LogP contribution in [0.4, 0.5) is 5.69 Å². The molecule has 0 radical (unpaired) electrons. The minimum Gasteiger partial charge on any atom is -0.389 e. The molecule has 1 aromatic carbocycles. The maximum absolute atomic E-state index is 11.0. The summed E-state index contributed by atoms with van der Waals surface area (Å²) in [6.07, 6.45) is 3.81. The number of rotatable bonds is 5. The van der Waals surface area contributed by atoms with Crippen LogP contribution in [-0.4, -0.2) is 22.2 Å². The molecule has 0 bridgehead atoms. The molecule has 1 saturated carbocycles. The van der Waals surface area contributed by atoms with E-state index in [0.717, 1.165) is 31.2 Å². The maximum Gasteiger partial charge on any atom is 0.272 e. The van der Waals surface area contributed by atoms with Crippen LogP contribution < -0.4 is 5.32 Å². The average Bonchev–Trinajstić information content (AvgIpc) is 2.83. The van der Waals surface area contributed by atoms with Crippen LogP contribution in [0.15, 0.2) is 18.2 Å². The number of nitro groups is 1. The molecule has 0 amide bonds. The molecule has 0 aromatic heterocycles. The highest BCUT2D eigenvalue weighted by Gasteiger charge is 2.31. The first-order valence-electron chi connectivity index (χ1n) is 7.13. The van der Waals surface area contributed by atoms with Gasteiger partial charge in [-0.15, -0.1) is 0 Å². The molecule has 1 aliphatic carbocycles. The van der Waals surface area contributed by atoms with Crippen molar-refractivity contribution in [1.29, 1.82) is 0 Å². The second-order valence-electron chi connectivity index (χ2n) is 5.78. The minimum absolute atomic E-state index is 0.0143. The lowest BCUT2D eigenvalue weighted by atomic mass is 9.98. The lowest BCUT2D eigenvalue weighted by Crippen LogP contribution is -2.39. The molecular weight excluding hydrogens is 256 g/mol. The summed E-state index contributed by atoms with van der Waals surface area (Å²) in [5.74, 6) is 0. The molecule has 1 unspecified atom stereocenters. The quantitative estimate of drug-likeness (QED) is 0.641. The molecule has 20 heavy (non-hydrogen) atoms. The predicted molar refractivity (Wildman–Crippen MR) is 77.7 cm³/mol. The third kappa shape index (κ3) is 3.16. The van der Waals surface area contributed by atoms with E-state index in [1.807, 2.05) is 13.0 Å². The largest absolute Gasteiger partial charge is 0.389 e. The van der Waals surface area contributed by atoms with E-state index in [-0.39, 0.29) is 16.7 Å². The average molecular weight is 278 g/mol. The predicted octanol–water partition coefficient (Wildman–Crippen LogP) is 2.86. The Morgan fingerprint density at radius 1 is 1.45 bits per heavy atom. The van der Waals surface area contributed by atoms with E-state index in [9.17, 15) is 15.2 Å². The van der Waals surface area contributed by atoms with Crippen LogP contribution in [-0.2, 0) is 0 Å². The van der Waals surface area contributed by atoms with Crippen molar-refractivity contribution in [3.05, 3.63) is 39.4 Å². The fourth-order valence-electron chi connectivity index (χ4n) is 2.97. The van der Waals surface area contributed by atoms with Crippen LogP contribution in [0.25, 0.3) is 0 Å². The van der Waals surface area contributed by atoms with Gasteiger partial charge in [0.15, 0.2) is 0 Å². The van der Waals surface area contributed by atoms with Gasteiger partial charge in [0.25, 0.3) is 5.69 Å². The van der Waals surface area contributed by atoms with Gasteiger partial charge in [0.2, 0.25) is 0 Å². The molecule has 1 aliphatic rings. The zero-order valence-corrected chi connectivity index (χ0v) is 12.1. The number of nitro benzene ring substituents is 1. The van der Waals surface area contributed by atoms with Gasteiger partial charge in [0.05, 0.1) is 10.5 Å². The van der Waals surface area contributed by atoms with Crippen molar-refractivity contribution in [2.45, 2.75) is 51.2 Å². The van der Waals surface area contributed by atoms with Crippen molar-refractivity contribution in [3.8, 4) is 0 Å². The standard InChI is InChI=1S/C15H22N2O3/c1-11-13(6-5-7-14(11)17(19)20)12(2)16-10-15(18)8-3-4-9-15/h5-7,12,16,18H,3-4,8-10H2,1-2H3. The first kappa shape index (κ1) is 14.9. The second kappa shape index (κ2) is 5.89. The number of nitrogens with one attached hydrogen (secondary N) is 1. The monoisotopic (exact) mass is 278 g/mol. The number of hydrogen-bond acceptors (Lipinski definition) is 4. The maximum atomic E-state index is 11.0. The molecule has 1 aromatic rings. The van der Waals surface area contributed by atoms with E-state index in [2.05, 4.69) is 5.32 Å². The molecule has 1 fully saturated rings. The zero-order chi connectivity index (χ0) is 14.8. The smallest absolute Gasteiger partial charge is 0.272 e. The van der Waals surface area contributed by atoms with Crippen molar-refractivity contribution < 1.29 is 10.0 Å². The highest BCUT2D eigenvalue weighted by atomic mass is 16.6. The summed E-state index contributed by atoms with van der Waals surface area (Å²) in [5, 5.41) is 24.6. The third-order valence-corrected chi connectivity index (χ3v) is 4.28. The van der Waals surface area contributed by atoms with E-state index in [0.29, 0.717) is 12.1 Å². The Bertz CT molecular complexity index is 496. The first-order valence-corrected chi connectivity index (χ1v) is 7.13. The van der Waals surface area contributed by atoms with Crippen molar-refractivity contribution in [2.24, 2.45) is 0 Å². The Labute approximate surface area is 119 Å².